The molecule has 1 aliphatic rings. The van der Waals surface area contributed by atoms with E-state index in [0.29, 0.717) is 23.3 Å². The highest BCUT2D eigenvalue weighted by Gasteiger charge is 2.14. The van der Waals surface area contributed by atoms with Crippen LogP contribution in [0, 0.1) is 5.92 Å². The van der Waals surface area contributed by atoms with Crippen LogP contribution in [0.2, 0.25) is 0 Å². The Balaban J connectivity index is 1.98. The van der Waals surface area contributed by atoms with Gasteiger partial charge < -0.3 is 20.5 Å². The maximum Gasteiger partial charge on any atom is 0.242 e. The van der Waals surface area contributed by atoms with Gasteiger partial charge in [0.1, 0.15) is 11.5 Å². The van der Waals surface area contributed by atoms with Gasteiger partial charge in [-0.05, 0) is 5.92 Å². The maximum absolute atomic E-state index is 6.07. The molecule has 0 aliphatic carbocycles. The van der Waals surface area contributed by atoms with E-state index in [2.05, 4.69) is 34.0 Å². The van der Waals surface area contributed by atoms with Crippen LogP contribution in [0.5, 0.6) is 5.88 Å². The molecule has 7 nitrogen and oxygen atoms in total. The molecule has 0 bridgehead atoms. The van der Waals surface area contributed by atoms with E-state index in [1.807, 2.05) is 0 Å². The quantitative estimate of drug-likeness (QED) is 0.777. The van der Waals surface area contributed by atoms with Crippen molar-refractivity contribution in [1.82, 2.24) is 14.9 Å². The minimum Gasteiger partial charge on any atom is -0.479 e. The standard InChI is InChI=1S/C15H27N5O2/c1-11(2)10-12-18-14(13(16)15(19-12)21-3)17-4-5-20-6-8-22-9-7-20/h11H,4-10,16H2,1-3H3,(H,17,18,19). The van der Waals surface area contributed by atoms with E-state index >= 15 is 0 Å². The van der Waals surface area contributed by atoms with E-state index in [9.17, 15) is 0 Å². The highest BCUT2D eigenvalue weighted by molar-refractivity contribution is 5.66. The molecule has 22 heavy (non-hydrogen) atoms. The number of methoxy groups -OCH3 is 1. The fourth-order valence-electron chi connectivity index (χ4n) is 2.40. The second kappa shape index (κ2) is 8.14. The first-order valence-electron chi connectivity index (χ1n) is 7.84. The summed E-state index contributed by atoms with van der Waals surface area (Å²) in [6.45, 7) is 9.56. The normalized spacial score (nSPS) is 16.0. The predicted molar refractivity (Wildman–Crippen MR) is 87.3 cm³/mol. The third-order valence-electron chi connectivity index (χ3n) is 3.57. The molecule has 0 radical (unpaired) electrons. The van der Waals surface area contributed by atoms with Crippen LogP contribution in [0.1, 0.15) is 19.7 Å². The van der Waals surface area contributed by atoms with Crippen molar-refractivity contribution in [2.75, 3.05) is 57.6 Å². The molecule has 0 atom stereocenters. The third kappa shape index (κ3) is 4.71. The number of nitrogen functional groups attached to an aromatic ring is 1. The molecular formula is C15H27N5O2. The fourth-order valence-corrected chi connectivity index (χ4v) is 2.40. The summed E-state index contributed by atoms with van der Waals surface area (Å²) in [5.41, 5.74) is 6.54. The van der Waals surface area contributed by atoms with Crippen molar-refractivity contribution < 1.29 is 9.47 Å². The highest BCUT2D eigenvalue weighted by atomic mass is 16.5. The molecule has 124 valence electrons. The molecule has 0 amide bonds. The Morgan fingerprint density at radius 1 is 1.32 bits per heavy atom. The first-order valence-corrected chi connectivity index (χ1v) is 7.84. The van der Waals surface area contributed by atoms with E-state index < -0.39 is 0 Å². The van der Waals surface area contributed by atoms with E-state index in [1.54, 1.807) is 7.11 Å². The lowest BCUT2D eigenvalue weighted by Crippen LogP contribution is -2.39. The van der Waals surface area contributed by atoms with Gasteiger partial charge >= 0.3 is 0 Å². The Hall–Kier alpha value is -1.60. The predicted octanol–water partition coefficient (Wildman–Crippen LogP) is 1.01. The summed E-state index contributed by atoms with van der Waals surface area (Å²) in [7, 11) is 1.58. The van der Waals surface area contributed by atoms with Crippen LogP contribution < -0.4 is 15.8 Å². The molecule has 1 saturated heterocycles. The lowest BCUT2D eigenvalue weighted by atomic mass is 10.1. The van der Waals surface area contributed by atoms with Crippen molar-refractivity contribution in [3.63, 3.8) is 0 Å². The van der Waals surface area contributed by atoms with Crippen LogP contribution in [-0.2, 0) is 11.2 Å². The molecule has 2 heterocycles. The minimum atomic E-state index is 0.444. The van der Waals surface area contributed by atoms with Crippen LogP contribution in [0.3, 0.4) is 0 Å². The number of anilines is 2. The number of nitrogens with two attached hydrogens (primary N) is 1. The molecule has 3 N–H and O–H groups in total. The van der Waals surface area contributed by atoms with Crippen molar-refractivity contribution >= 4 is 11.5 Å². The number of ether oxygens (including phenoxy) is 2. The molecule has 1 aliphatic heterocycles. The Bertz CT molecular complexity index is 475. The van der Waals surface area contributed by atoms with Gasteiger partial charge in [0.15, 0.2) is 5.82 Å². The summed E-state index contributed by atoms with van der Waals surface area (Å²) in [5.74, 6) is 2.35. The SMILES string of the molecule is COc1nc(CC(C)C)nc(NCCN2CCOCC2)c1N. The molecule has 0 aromatic carbocycles. The molecular weight excluding hydrogens is 282 g/mol. The van der Waals surface area contributed by atoms with Gasteiger partial charge in [0, 0.05) is 32.6 Å². The van der Waals surface area contributed by atoms with Gasteiger partial charge in [-0.3, -0.25) is 4.90 Å². The lowest BCUT2D eigenvalue weighted by Gasteiger charge is -2.26. The summed E-state index contributed by atoms with van der Waals surface area (Å²) in [5, 5.41) is 3.31. The number of hydrogen-bond donors (Lipinski definition) is 2. The smallest absolute Gasteiger partial charge is 0.242 e. The monoisotopic (exact) mass is 309 g/mol. The van der Waals surface area contributed by atoms with Crippen molar-refractivity contribution in [3.05, 3.63) is 5.82 Å². The van der Waals surface area contributed by atoms with Gasteiger partial charge in [0.25, 0.3) is 0 Å². The van der Waals surface area contributed by atoms with Gasteiger partial charge in [-0.2, -0.15) is 4.98 Å². The molecule has 0 unspecified atom stereocenters. The second-order valence-electron chi connectivity index (χ2n) is 5.89. The van der Waals surface area contributed by atoms with Crippen LogP contribution in [-0.4, -0.2) is 61.4 Å². The Morgan fingerprint density at radius 3 is 2.68 bits per heavy atom. The van der Waals surface area contributed by atoms with Gasteiger partial charge in [-0.1, -0.05) is 13.8 Å². The van der Waals surface area contributed by atoms with E-state index in [4.69, 9.17) is 15.2 Å². The average molecular weight is 309 g/mol. The van der Waals surface area contributed by atoms with Crippen molar-refractivity contribution in [1.29, 1.82) is 0 Å². The number of morpholine rings is 1. The Morgan fingerprint density at radius 2 is 2.05 bits per heavy atom. The Labute approximate surface area is 132 Å². The third-order valence-corrected chi connectivity index (χ3v) is 3.57. The second-order valence-corrected chi connectivity index (χ2v) is 5.89. The summed E-state index contributed by atoms with van der Waals surface area (Å²) < 4.78 is 10.6. The number of rotatable bonds is 7. The van der Waals surface area contributed by atoms with Crippen LogP contribution in [0.15, 0.2) is 0 Å². The largest absolute Gasteiger partial charge is 0.479 e. The van der Waals surface area contributed by atoms with Gasteiger partial charge in [0.2, 0.25) is 5.88 Å². The zero-order chi connectivity index (χ0) is 15.9. The van der Waals surface area contributed by atoms with E-state index in [-0.39, 0.29) is 0 Å². The number of aromatic nitrogens is 2. The molecule has 2 rings (SSSR count). The minimum absolute atomic E-state index is 0.444. The van der Waals surface area contributed by atoms with Gasteiger partial charge in [0.05, 0.1) is 20.3 Å². The number of nitrogens with one attached hydrogen (secondary N) is 1. The molecule has 0 saturated carbocycles. The maximum atomic E-state index is 6.07. The molecule has 7 heteroatoms. The first kappa shape index (κ1) is 16.8. The van der Waals surface area contributed by atoms with E-state index in [0.717, 1.165) is 51.6 Å². The zero-order valence-corrected chi connectivity index (χ0v) is 13.8. The van der Waals surface area contributed by atoms with Crippen molar-refractivity contribution in [3.8, 4) is 5.88 Å². The van der Waals surface area contributed by atoms with Crippen LogP contribution >= 0.6 is 0 Å². The van der Waals surface area contributed by atoms with Crippen LogP contribution in [0.25, 0.3) is 0 Å². The molecule has 0 spiro atoms. The number of hydrogen-bond acceptors (Lipinski definition) is 7. The highest BCUT2D eigenvalue weighted by Crippen LogP contribution is 2.26. The zero-order valence-electron chi connectivity index (χ0n) is 13.8. The average Bonchev–Trinajstić information content (AvgIpc) is 2.50. The van der Waals surface area contributed by atoms with Gasteiger partial charge in [-0.15, -0.1) is 0 Å². The molecule has 1 aromatic heterocycles. The van der Waals surface area contributed by atoms with E-state index in [1.165, 1.54) is 0 Å². The molecule has 1 fully saturated rings. The molecule has 1 aromatic rings. The first-order chi connectivity index (χ1) is 10.6. The van der Waals surface area contributed by atoms with Crippen molar-refractivity contribution in [2.24, 2.45) is 5.92 Å². The summed E-state index contributed by atoms with van der Waals surface area (Å²) in [6, 6.07) is 0. The lowest BCUT2D eigenvalue weighted by molar-refractivity contribution is 0.0398. The fraction of sp³-hybridized carbons (Fsp3) is 0.733. The van der Waals surface area contributed by atoms with Crippen LogP contribution in [0.4, 0.5) is 11.5 Å². The Kier molecular flexibility index (Phi) is 6.21. The topological polar surface area (TPSA) is 85.5 Å². The summed E-state index contributed by atoms with van der Waals surface area (Å²) >= 11 is 0. The number of nitrogens with zero attached hydrogens (tertiary/aromatic N) is 3. The summed E-state index contributed by atoms with van der Waals surface area (Å²) in [4.78, 5) is 11.3. The summed E-state index contributed by atoms with van der Waals surface area (Å²) in [6.07, 6.45) is 0.800. The van der Waals surface area contributed by atoms with Crippen molar-refractivity contribution in [2.45, 2.75) is 20.3 Å². The van der Waals surface area contributed by atoms with Gasteiger partial charge in [-0.25, -0.2) is 4.98 Å².